The molecule has 2 nitrogen and oxygen atoms in total. The van der Waals surface area contributed by atoms with E-state index in [0.717, 1.165) is 17.1 Å². The SMILES string of the molecule is CC(N)C(c1ccccc1Cl)N1CCSC(C)C1C. The lowest BCUT2D eigenvalue weighted by atomic mass is 9.97. The fourth-order valence-corrected chi connectivity index (χ4v) is 4.20. The van der Waals surface area contributed by atoms with E-state index in [1.54, 1.807) is 0 Å². The van der Waals surface area contributed by atoms with Crippen molar-refractivity contribution in [3.8, 4) is 0 Å². The zero-order chi connectivity index (χ0) is 14.0. The normalized spacial score (nSPS) is 28.1. The van der Waals surface area contributed by atoms with Gasteiger partial charge in [-0.1, -0.05) is 36.7 Å². The quantitative estimate of drug-likeness (QED) is 0.925. The molecule has 0 bridgehead atoms. The molecule has 0 saturated carbocycles. The van der Waals surface area contributed by atoms with E-state index < -0.39 is 0 Å². The molecular formula is C15H23ClN2S. The minimum Gasteiger partial charge on any atom is -0.326 e. The average molecular weight is 299 g/mol. The molecule has 1 saturated heterocycles. The highest BCUT2D eigenvalue weighted by molar-refractivity contribution is 8.00. The van der Waals surface area contributed by atoms with Gasteiger partial charge in [0.05, 0.1) is 6.04 Å². The fraction of sp³-hybridized carbons (Fsp3) is 0.600. The molecule has 4 heteroatoms. The van der Waals surface area contributed by atoms with Crippen LogP contribution in [0.5, 0.6) is 0 Å². The molecular weight excluding hydrogens is 276 g/mol. The maximum Gasteiger partial charge on any atom is 0.0514 e. The van der Waals surface area contributed by atoms with Crippen LogP contribution in [0.15, 0.2) is 24.3 Å². The molecule has 0 radical (unpaired) electrons. The van der Waals surface area contributed by atoms with E-state index in [1.807, 2.05) is 30.0 Å². The number of rotatable bonds is 3. The molecule has 1 aromatic carbocycles. The summed E-state index contributed by atoms with van der Waals surface area (Å²) >= 11 is 8.42. The van der Waals surface area contributed by atoms with Crippen LogP contribution in [0.25, 0.3) is 0 Å². The topological polar surface area (TPSA) is 29.3 Å². The minimum atomic E-state index is 0.0673. The van der Waals surface area contributed by atoms with Crippen molar-refractivity contribution in [2.24, 2.45) is 5.73 Å². The largest absolute Gasteiger partial charge is 0.326 e. The summed E-state index contributed by atoms with van der Waals surface area (Å²) in [5.41, 5.74) is 7.43. The Bertz CT molecular complexity index is 424. The Kier molecular flexibility index (Phi) is 5.18. The zero-order valence-corrected chi connectivity index (χ0v) is 13.4. The van der Waals surface area contributed by atoms with Gasteiger partial charge < -0.3 is 5.73 Å². The van der Waals surface area contributed by atoms with Crippen LogP contribution in [-0.2, 0) is 0 Å². The Morgan fingerprint density at radius 1 is 1.37 bits per heavy atom. The lowest BCUT2D eigenvalue weighted by Gasteiger charge is -2.44. The van der Waals surface area contributed by atoms with Crippen molar-refractivity contribution in [3.63, 3.8) is 0 Å². The smallest absolute Gasteiger partial charge is 0.0514 e. The van der Waals surface area contributed by atoms with Crippen LogP contribution in [0.2, 0.25) is 5.02 Å². The standard InChI is InChI=1S/C15H23ClN2S/c1-10(17)15(13-6-4-5-7-14(13)16)18-8-9-19-12(3)11(18)2/h4-7,10-12,15H,8-9,17H2,1-3H3. The van der Waals surface area contributed by atoms with Gasteiger partial charge in [0.15, 0.2) is 0 Å². The number of halogens is 1. The monoisotopic (exact) mass is 298 g/mol. The molecule has 2 rings (SSSR count). The summed E-state index contributed by atoms with van der Waals surface area (Å²) in [6, 6.07) is 8.87. The van der Waals surface area contributed by atoms with Crippen LogP contribution in [0.4, 0.5) is 0 Å². The second-order valence-corrected chi connectivity index (χ2v) is 7.27. The van der Waals surface area contributed by atoms with Crippen LogP contribution in [-0.4, -0.2) is 34.5 Å². The molecule has 4 atom stereocenters. The van der Waals surface area contributed by atoms with Crippen molar-refractivity contribution in [1.82, 2.24) is 4.90 Å². The third-order valence-electron chi connectivity index (χ3n) is 4.01. The van der Waals surface area contributed by atoms with E-state index >= 15 is 0 Å². The Labute approximate surface area is 125 Å². The van der Waals surface area contributed by atoms with Crippen LogP contribution >= 0.6 is 23.4 Å². The molecule has 0 amide bonds. The van der Waals surface area contributed by atoms with Gasteiger partial charge in [-0.2, -0.15) is 11.8 Å². The molecule has 4 unspecified atom stereocenters. The van der Waals surface area contributed by atoms with E-state index in [0.29, 0.717) is 11.3 Å². The van der Waals surface area contributed by atoms with Crippen molar-refractivity contribution < 1.29 is 0 Å². The molecule has 19 heavy (non-hydrogen) atoms. The molecule has 106 valence electrons. The Hall–Kier alpha value is -0.220. The molecule has 0 aliphatic carbocycles. The van der Waals surface area contributed by atoms with Gasteiger partial charge in [0.25, 0.3) is 0 Å². The van der Waals surface area contributed by atoms with Crippen molar-refractivity contribution in [1.29, 1.82) is 0 Å². The van der Waals surface area contributed by atoms with Gasteiger partial charge in [-0.15, -0.1) is 0 Å². The Morgan fingerprint density at radius 3 is 2.68 bits per heavy atom. The van der Waals surface area contributed by atoms with E-state index in [1.165, 1.54) is 5.75 Å². The maximum atomic E-state index is 6.38. The lowest BCUT2D eigenvalue weighted by Crippen LogP contribution is -2.50. The number of nitrogens with zero attached hydrogens (tertiary/aromatic N) is 1. The summed E-state index contributed by atoms with van der Waals surface area (Å²) in [7, 11) is 0. The Morgan fingerprint density at radius 2 is 2.05 bits per heavy atom. The summed E-state index contributed by atoms with van der Waals surface area (Å²) < 4.78 is 0. The highest BCUT2D eigenvalue weighted by Gasteiger charge is 2.34. The number of hydrogen-bond acceptors (Lipinski definition) is 3. The maximum absolute atomic E-state index is 6.38. The number of thioether (sulfide) groups is 1. The van der Waals surface area contributed by atoms with E-state index in [-0.39, 0.29) is 12.1 Å². The summed E-state index contributed by atoms with van der Waals surface area (Å²) in [6.45, 7) is 7.75. The first-order valence-corrected chi connectivity index (χ1v) is 8.32. The summed E-state index contributed by atoms with van der Waals surface area (Å²) in [5, 5.41) is 1.46. The first kappa shape index (κ1) is 15.2. The minimum absolute atomic E-state index is 0.0673. The third-order valence-corrected chi connectivity index (χ3v) is 5.69. The number of benzene rings is 1. The molecule has 1 aliphatic rings. The molecule has 1 aliphatic heterocycles. The first-order valence-electron chi connectivity index (χ1n) is 6.89. The highest BCUT2D eigenvalue weighted by atomic mass is 35.5. The summed E-state index contributed by atoms with van der Waals surface area (Å²) in [5.74, 6) is 1.17. The third kappa shape index (κ3) is 3.27. The molecule has 1 heterocycles. The Balaban J connectivity index is 2.33. The first-order chi connectivity index (χ1) is 9.02. The molecule has 1 fully saturated rings. The lowest BCUT2D eigenvalue weighted by molar-refractivity contribution is 0.130. The predicted molar refractivity (Wildman–Crippen MR) is 85.9 cm³/mol. The molecule has 0 aromatic heterocycles. The van der Waals surface area contributed by atoms with Crippen molar-refractivity contribution in [2.75, 3.05) is 12.3 Å². The molecule has 2 N–H and O–H groups in total. The van der Waals surface area contributed by atoms with Crippen LogP contribution in [0, 0.1) is 0 Å². The van der Waals surface area contributed by atoms with E-state index in [4.69, 9.17) is 17.3 Å². The second-order valence-electron chi connectivity index (χ2n) is 5.38. The van der Waals surface area contributed by atoms with Gasteiger partial charge in [0, 0.05) is 34.7 Å². The fourth-order valence-electron chi connectivity index (χ4n) is 2.83. The van der Waals surface area contributed by atoms with Crippen LogP contribution in [0.3, 0.4) is 0 Å². The van der Waals surface area contributed by atoms with Crippen molar-refractivity contribution >= 4 is 23.4 Å². The van der Waals surface area contributed by atoms with Crippen molar-refractivity contribution in [2.45, 2.75) is 44.1 Å². The highest BCUT2D eigenvalue weighted by Crippen LogP contribution is 2.35. The van der Waals surface area contributed by atoms with Gasteiger partial charge in [-0.3, -0.25) is 4.90 Å². The number of nitrogens with two attached hydrogens (primary N) is 1. The van der Waals surface area contributed by atoms with Gasteiger partial charge in [0.2, 0.25) is 0 Å². The number of hydrogen-bond donors (Lipinski definition) is 1. The average Bonchev–Trinajstić information content (AvgIpc) is 2.37. The van der Waals surface area contributed by atoms with E-state index in [2.05, 4.69) is 31.7 Å². The van der Waals surface area contributed by atoms with Gasteiger partial charge >= 0.3 is 0 Å². The van der Waals surface area contributed by atoms with Crippen LogP contribution < -0.4 is 5.73 Å². The summed E-state index contributed by atoms with van der Waals surface area (Å²) in [4.78, 5) is 2.52. The van der Waals surface area contributed by atoms with Crippen LogP contribution in [0.1, 0.15) is 32.4 Å². The molecule has 1 aromatic rings. The zero-order valence-electron chi connectivity index (χ0n) is 11.8. The second kappa shape index (κ2) is 6.49. The van der Waals surface area contributed by atoms with Crippen molar-refractivity contribution in [3.05, 3.63) is 34.9 Å². The molecule has 0 spiro atoms. The van der Waals surface area contributed by atoms with Gasteiger partial charge in [-0.25, -0.2) is 0 Å². The van der Waals surface area contributed by atoms with Gasteiger partial charge in [-0.05, 0) is 25.5 Å². The summed E-state index contributed by atoms with van der Waals surface area (Å²) in [6.07, 6.45) is 0. The predicted octanol–water partition coefficient (Wildman–Crippen LogP) is 3.55. The van der Waals surface area contributed by atoms with E-state index in [9.17, 15) is 0 Å². The van der Waals surface area contributed by atoms with Gasteiger partial charge in [0.1, 0.15) is 0 Å².